The van der Waals surface area contributed by atoms with Crippen LogP contribution in [0.4, 0.5) is 4.79 Å². The predicted octanol–water partition coefficient (Wildman–Crippen LogP) is 5.46. The summed E-state index contributed by atoms with van der Waals surface area (Å²) in [4.78, 5) is 63.0. The molecule has 3 amide bonds. The van der Waals surface area contributed by atoms with Gasteiger partial charge in [-0.15, -0.1) is 6.58 Å². The van der Waals surface area contributed by atoms with Crippen LogP contribution in [0.2, 0.25) is 5.02 Å². The summed E-state index contributed by atoms with van der Waals surface area (Å²) in [5.41, 5.74) is -0.231. The van der Waals surface area contributed by atoms with Gasteiger partial charge < -0.3 is 39.6 Å². The van der Waals surface area contributed by atoms with Crippen LogP contribution in [0, 0.1) is 23.2 Å². The molecular weight excluding hydrogens is 766 g/mol. The Hall–Kier alpha value is -4.40. The van der Waals surface area contributed by atoms with Crippen LogP contribution in [0.1, 0.15) is 72.4 Å². The van der Waals surface area contributed by atoms with Crippen LogP contribution in [-0.4, -0.2) is 120 Å². The van der Waals surface area contributed by atoms with Gasteiger partial charge in [0.25, 0.3) is 0 Å². The SMILES string of the molecule is C=C[C@@H]1C[C@]1(NC(=O)[C@@H]1C[C@@H](Oc2cc(C=C(C)C)nc3c(Cl)c(OCCN4CCOCC4)ccc23)CN1C(=O)[C@@H](NC(=O)O[C@@H]1C[C@@H]2C[C@@H]2C1)C(C)(C)C)C(=O)O. The molecule has 7 rings (SSSR count). The lowest BCUT2D eigenvalue weighted by atomic mass is 9.85. The van der Waals surface area contributed by atoms with E-state index in [1.807, 2.05) is 46.8 Å². The number of amides is 3. The van der Waals surface area contributed by atoms with E-state index in [4.69, 9.17) is 35.5 Å². The summed E-state index contributed by atoms with van der Waals surface area (Å²) >= 11 is 6.99. The van der Waals surface area contributed by atoms with Crippen LogP contribution >= 0.6 is 11.6 Å². The fraction of sp³-hybridized carbons (Fsp3) is 0.605. The third kappa shape index (κ3) is 9.08. The molecule has 1 aromatic carbocycles. The number of hydrogen-bond donors (Lipinski definition) is 3. The Bertz CT molecular complexity index is 1960. The number of likely N-dealkylation sites (tertiary alicyclic amines) is 1. The average molecular weight is 822 g/mol. The van der Waals surface area contributed by atoms with Crippen molar-refractivity contribution in [2.24, 2.45) is 23.2 Å². The van der Waals surface area contributed by atoms with E-state index < -0.39 is 58.9 Å². The summed E-state index contributed by atoms with van der Waals surface area (Å²) < 4.78 is 24.1. The largest absolute Gasteiger partial charge is 0.491 e. The number of carbonyl (C=O) groups is 4. The number of rotatable bonds is 14. The van der Waals surface area contributed by atoms with Crippen molar-refractivity contribution < 1.29 is 43.2 Å². The lowest BCUT2D eigenvalue weighted by molar-refractivity contribution is -0.146. The molecule has 3 saturated carbocycles. The number of benzene rings is 1. The summed E-state index contributed by atoms with van der Waals surface area (Å²) in [7, 11) is 0. The van der Waals surface area contributed by atoms with E-state index in [0.29, 0.717) is 64.8 Å². The average Bonchev–Trinajstić information content (AvgIpc) is 3.98. The summed E-state index contributed by atoms with van der Waals surface area (Å²) in [5.74, 6) is -0.624. The first kappa shape index (κ1) is 41.7. The highest BCUT2D eigenvalue weighted by Gasteiger charge is 2.61. The van der Waals surface area contributed by atoms with Gasteiger partial charge in [0, 0.05) is 43.4 Å². The van der Waals surface area contributed by atoms with Crippen molar-refractivity contribution >= 4 is 52.5 Å². The molecule has 15 heteroatoms. The summed E-state index contributed by atoms with van der Waals surface area (Å²) in [5, 5.41) is 16.6. The highest BCUT2D eigenvalue weighted by atomic mass is 35.5. The minimum absolute atomic E-state index is 0.0184. The van der Waals surface area contributed by atoms with Crippen LogP contribution in [0.25, 0.3) is 17.0 Å². The molecule has 2 aromatic rings. The fourth-order valence-corrected chi connectivity index (χ4v) is 8.92. The van der Waals surface area contributed by atoms with Crippen molar-refractivity contribution in [3.8, 4) is 11.5 Å². The second-order valence-electron chi connectivity index (χ2n) is 17.8. The van der Waals surface area contributed by atoms with Gasteiger partial charge in [0.1, 0.15) is 53.0 Å². The van der Waals surface area contributed by atoms with E-state index in [2.05, 4.69) is 22.1 Å². The zero-order chi connectivity index (χ0) is 41.5. The molecular formula is C43H56ClN5O9. The van der Waals surface area contributed by atoms with E-state index in [9.17, 15) is 24.3 Å². The first-order chi connectivity index (χ1) is 27.6. The van der Waals surface area contributed by atoms with E-state index in [1.165, 1.54) is 17.4 Å². The minimum Gasteiger partial charge on any atom is -0.491 e. The summed E-state index contributed by atoms with van der Waals surface area (Å²) in [6.07, 6.45) is 4.90. The summed E-state index contributed by atoms with van der Waals surface area (Å²) in [6, 6.07) is 3.24. The van der Waals surface area contributed by atoms with Crippen LogP contribution < -0.4 is 20.1 Å². The van der Waals surface area contributed by atoms with Crippen molar-refractivity contribution in [2.45, 2.75) is 96.6 Å². The number of hydrogen-bond acceptors (Lipinski definition) is 10. The normalized spacial score (nSPS) is 28.2. The Kier molecular flexibility index (Phi) is 12.0. The van der Waals surface area contributed by atoms with Crippen LogP contribution in [0.3, 0.4) is 0 Å². The number of fused-ring (bicyclic) bond motifs is 2. The lowest BCUT2D eigenvalue weighted by Crippen LogP contribution is -2.59. The number of nitrogens with one attached hydrogen (secondary N) is 2. The van der Waals surface area contributed by atoms with Crippen LogP contribution in [-0.2, 0) is 23.9 Å². The van der Waals surface area contributed by atoms with E-state index >= 15 is 0 Å². The van der Waals surface area contributed by atoms with Gasteiger partial charge in [-0.2, -0.15) is 0 Å². The number of allylic oxidation sites excluding steroid dienone is 1. The molecule has 3 aliphatic carbocycles. The molecule has 5 fully saturated rings. The number of aromatic nitrogens is 1. The molecule has 0 bridgehead atoms. The van der Waals surface area contributed by atoms with Gasteiger partial charge in [-0.1, -0.05) is 44.0 Å². The Labute approximate surface area is 344 Å². The van der Waals surface area contributed by atoms with E-state index in [-0.39, 0.29) is 25.5 Å². The molecule has 0 unspecified atom stereocenters. The van der Waals surface area contributed by atoms with Crippen LogP contribution in [0.5, 0.6) is 11.5 Å². The topological polar surface area (TPSA) is 169 Å². The smallest absolute Gasteiger partial charge is 0.408 e. The Balaban J connectivity index is 1.15. The van der Waals surface area contributed by atoms with E-state index in [1.54, 1.807) is 12.1 Å². The monoisotopic (exact) mass is 821 g/mol. The molecule has 58 heavy (non-hydrogen) atoms. The van der Waals surface area contributed by atoms with Crippen LogP contribution in [0.15, 0.2) is 36.4 Å². The third-order valence-corrected chi connectivity index (χ3v) is 12.5. The van der Waals surface area contributed by atoms with Crippen molar-refractivity contribution in [1.29, 1.82) is 0 Å². The minimum atomic E-state index is -1.51. The highest BCUT2D eigenvalue weighted by molar-refractivity contribution is 6.36. The first-order valence-electron chi connectivity index (χ1n) is 20.4. The fourth-order valence-electron chi connectivity index (χ4n) is 8.66. The first-order valence-corrected chi connectivity index (χ1v) is 20.8. The quantitative estimate of drug-likeness (QED) is 0.207. The van der Waals surface area contributed by atoms with Gasteiger partial charge in [0.2, 0.25) is 11.8 Å². The predicted molar refractivity (Wildman–Crippen MR) is 218 cm³/mol. The number of pyridine rings is 1. The molecule has 2 saturated heterocycles. The number of carbonyl (C=O) groups excluding carboxylic acids is 3. The molecule has 14 nitrogen and oxygen atoms in total. The number of ether oxygens (including phenoxy) is 4. The summed E-state index contributed by atoms with van der Waals surface area (Å²) in [6.45, 7) is 17.3. The van der Waals surface area contributed by atoms with E-state index in [0.717, 1.165) is 38.0 Å². The van der Waals surface area contributed by atoms with Gasteiger partial charge in [-0.25, -0.2) is 14.6 Å². The Morgan fingerprint density at radius 2 is 1.81 bits per heavy atom. The number of morpholine rings is 1. The molecule has 3 heterocycles. The number of carboxylic acid groups (broad SMARTS) is 1. The number of carboxylic acids is 1. The third-order valence-electron chi connectivity index (χ3n) is 12.1. The van der Waals surface area contributed by atoms with Crippen molar-refractivity contribution in [3.05, 3.63) is 47.1 Å². The molecule has 1 aromatic heterocycles. The van der Waals surface area contributed by atoms with Gasteiger partial charge >= 0.3 is 12.1 Å². The number of aliphatic carboxylic acids is 1. The Morgan fingerprint density at radius 3 is 2.45 bits per heavy atom. The number of halogens is 1. The second kappa shape index (κ2) is 16.7. The Morgan fingerprint density at radius 1 is 1.09 bits per heavy atom. The molecule has 0 spiro atoms. The highest BCUT2D eigenvalue weighted by Crippen LogP contribution is 2.52. The lowest BCUT2D eigenvalue weighted by Gasteiger charge is -2.35. The molecule has 5 aliphatic rings. The molecule has 8 atom stereocenters. The maximum atomic E-state index is 14.7. The zero-order valence-corrected chi connectivity index (χ0v) is 34.8. The molecule has 3 N–H and O–H groups in total. The van der Waals surface area contributed by atoms with Crippen molar-refractivity contribution in [1.82, 2.24) is 25.4 Å². The molecule has 314 valence electrons. The zero-order valence-electron chi connectivity index (χ0n) is 34.1. The van der Waals surface area contributed by atoms with Crippen molar-refractivity contribution in [3.63, 3.8) is 0 Å². The van der Waals surface area contributed by atoms with Gasteiger partial charge in [-0.05, 0) is 75.0 Å². The number of nitrogens with zero attached hydrogens (tertiary/aromatic N) is 3. The standard InChI is InChI=1S/C43H56ClN5O9/c1-7-27-22-43(27,40(52)53)47-38(50)32-21-30(23-49(32)39(51)37(42(4,5)6)46-41(54)58-29-18-25-17-26(25)19-29)57-34-20-28(16-24(2)3)45-36-31(34)8-9-33(35(36)44)56-15-12-48-10-13-55-14-11-48/h7-9,16,20,25-27,29-30,32,37H,1,10-15,17-19,21-23H2,2-6H3,(H,46,54)(H,47,50)(H,52,53)/t25-,26+,27-,29+,30-,32+,37-,43-/m1/s1. The maximum absolute atomic E-state index is 14.7. The van der Waals surface area contributed by atoms with Crippen molar-refractivity contribution in [2.75, 3.05) is 46.0 Å². The van der Waals surface area contributed by atoms with Gasteiger partial charge in [0.05, 0.1) is 31.0 Å². The molecule has 2 aliphatic heterocycles. The molecule has 0 radical (unpaired) electrons. The number of alkyl carbamates (subject to hydrolysis) is 1. The maximum Gasteiger partial charge on any atom is 0.408 e. The van der Waals surface area contributed by atoms with Gasteiger partial charge in [0.15, 0.2) is 0 Å². The van der Waals surface area contributed by atoms with Gasteiger partial charge in [-0.3, -0.25) is 14.5 Å². The second-order valence-corrected chi connectivity index (χ2v) is 18.2.